The molecule has 0 atom stereocenters. The molecule has 7 rings (SSSR count). The molecular formula is C50H49N. The number of benzene rings is 7. The van der Waals surface area contributed by atoms with Gasteiger partial charge in [0.15, 0.2) is 0 Å². The van der Waals surface area contributed by atoms with Gasteiger partial charge >= 0.3 is 0 Å². The molecule has 0 bridgehead atoms. The van der Waals surface area contributed by atoms with E-state index in [-0.39, 0.29) is 5.41 Å². The van der Waals surface area contributed by atoms with Gasteiger partial charge in [0.05, 0.1) is 0 Å². The van der Waals surface area contributed by atoms with Gasteiger partial charge in [-0.05, 0) is 138 Å². The van der Waals surface area contributed by atoms with Crippen LogP contribution in [0.4, 0.5) is 0 Å². The second-order valence-corrected chi connectivity index (χ2v) is 15.0. The van der Waals surface area contributed by atoms with Gasteiger partial charge in [0.2, 0.25) is 0 Å². The SMILES string of the molecule is C/C=C(\C=C/N)c1ccc(-c2ccc(-c3cc(-c4ccc(/C(C)=C/CCCC)cc4)c4ccc5cc(C(C)(C)C)cc6ccc3c4c56)cc2)cc1. The summed E-state index contributed by atoms with van der Waals surface area (Å²) in [5.74, 6) is 0. The van der Waals surface area contributed by atoms with Crippen LogP contribution in [0.2, 0.25) is 0 Å². The van der Waals surface area contributed by atoms with Crippen molar-refractivity contribution in [3.63, 3.8) is 0 Å². The molecule has 0 spiro atoms. The third-order valence-electron chi connectivity index (χ3n) is 10.6. The number of unbranched alkanes of at least 4 members (excludes halogenated alkanes) is 2. The molecule has 0 unspecified atom stereocenters. The summed E-state index contributed by atoms with van der Waals surface area (Å²) < 4.78 is 0. The van der Waals surface area contributed by atoms with E-state index < -0.39 is 0 Å². The number of nitrogens with two attached hydrogens (primary N) is 1. The van der Waals surface area contributed by atoms with Crippen LogP contribution in [0.25, 0.3) is 76.8 Å². The predicted octanol–water partition coefficient (Wildman–Crippen LogP) is 14.4. The average Bonchev–Trinajstić information content (AvgIpc) is 3.15. The number of allylic oxidation sites excluding steroid dienone is 5. The normalized spacial score (nSPS) is 13.0. The minimum atomic E-state index is 0.0736. The minimum Gasteiger partial charge on any atom is -0.405 e. The Labute approximate surface area is 304 Å². The summed E-state index contributed by atoms with van der Waals surface area (Å²) in [4.78, 5) is 0. The lowest BCUT2D eigenvalue weighted by molar-refractivity contribution is 0.591. The van der Waals surface area contributed by atoms with Crippen molar-refractivity contribution >= 4 is 43.5 Å². The van der Waals surface area contributed by atoms with E-state index in [2.05, 4.69) is 162 Å². The molecule has 254 valence electrons. The van der Waals surface area contributed by atoms with Crippen molar-refractivity contribution in [1.82, 2.24) is 0 Å². The van der Waals surface area contributed by atoms with Crippen molar-refractivity contribution in [1.29, 1.82) is 0 Å². The maximum atomic E-state index is 5.68. The summed E-state index contributed by atoms with van der Waals surface area (Å²) in [6.45, 7) is 13.4. The molecule has 0 aliphatic rings. The van der Waals surface area contributed by atoms with E-state index in [1.165, 1.54) is 95.2 Å². The number of hydrogen-bond donors (Lipinski definition) is 1. The summed E-state index contributed by atoms with van der Waals surface area (Å²) in [5, 5.41) is 7.93. The minimum absolute atomic E-state index is 0.0736. The molecule has 0 aliphatic carbocycles. The lowest BCUT2D eigenvalue weighted by Gasteiger charge is -2.23. The molecule has 0 fully saturated rings. The Kier molecular flexibility index (Phi) is 9.40. The third-order valence-corrected chi connectivity index (χ3v) is 10.6. The molecule has 1 nitrogen and oxygen atoms in total. The number of rotatable bonds is 9. The topological polar surface area (TPSA) is 26.0 Å². The van der Waals surface area contributed by atoms with E-state index in [1.54, 1.807) is 6.20 Å². The standard InChI is InChI=1S/C50H49N/c1-7-9-10-11-33(3)35-12-20-39(21-13-35)46-32-47(40-22-18-38(19-23-40)37-16-14-36(15-17-37)34(8-2)28-29-51)45-27-25-42-31-43(50(4,5)6)30-41-24-26-44(46)49(45)48(41)42/h8,11-32H,7,9-10,51H2,1-6H3/b29-28-,33-11+,34-8+. The second kappa shape index (κ2) is 14.1. The first kappa shape index (κ1) is 34.1. The monoisotopic (exact) mass is 663 g/mol. The summed E-state index contributed by atoms with van der Waals surface area (Å²) in [6, 6.07) is 43.7. The zero-order chi connectivity index (χ0) is 35.7. The van der Waals surface area contributed by atoms with Gasteiger partial charge in [0, 0.05) is 0 Å². The molecule has 0 amide bonds. The van der Waals surface area contributed by atoms with E-state index in [4.69, 9.17) is 5.73 Å². The molecule has 1 heteroatoms. The molecule has 0 saturated heterocycles. The third kappa shape index (κ3) is 6.62. The Hall–Kier alpha value is -5.40. The first-order valence-corrected chi connectivity index (χ1v) is 18.5. The molecule has 0 heterocycles. The predicted molar refractivity (Wildman–Crippen MR) is 225 cm³/mol. The van der Waals surface area contributed by atoms with Gasteiger partial charge in [-0.15, -0.1) is 0 Å². The molecular weight excluding hydrogens is 615 g/mol. The van der Waals surface area contributed by atoms with Crippen molar-refractivity contribution < 1.29 is 0 Å². The zero-order valence-corrected chi connectivity index (χ0v) is 31.0. The van der Waals surface area contributed by atoms with Gasteiger partial charge in [0.1, 0.15) is 0 Å². The molecule has 0 radical (unpaired) electrons. The molecule has 51 heavy (non-hydrogen) atoms. The molecule has 7 aromatic rings. The summed E-state index contributed by atoms with van der Waals surface area (Å²) in [5.41, 5.74) is 19.4. The smallest absolute Gasteiger partial charge is 0.00143 e. The maximum absolute atomic E-state index is 5.68. The lowest BCUT2D eigenvalue weighted by atomic mass is 9.81. The lowest BCUT2D eigenvalue weighted by Crippen LogP contribution is -2.10. The van der Waals surface area contributed by atoms with E-state index in [1.807, 2.05) is 13.0 Å². The van der Waals surface area contributed by atoms with Crippen LogP contribution in [0, 0.1) is 0 Å². The van der Waals surface area contributed by atoms with Crippen molar-refractivity contribution in [2.45, 2.75) is 66.2 Å². The maximum Gasteiger partial charge on any atom is -0.00143 e. The molecule has 0 aliphatic heterocycles. The van der Waals surface area contributed by atoms with Gasteiger partial charge in [-0.2, -0.15) is 0 Å². The Balaban J connectivity index is 1.37. The van der Waals surface area contributed by atoms with Gasteiger partial charge < -0.3 is 5.73 Å². The summed E-state index contributed by atoms with van der Waals surface area (Å²) >= 11 is 0. The molecule has 7 aromatic carbocycles. The highest BCUT2D eigenvalue weighted by Crippen LogP contribution is 2.45. The van der Waals surface area contributed by atoms with Gasteiger partial charge in [-0.1, -0.05) is 162 Å². The quantitative estimate of drug-likeness (QED) is 0.0928. The second-order valence-electron chi connectivity index (χ2n) is 15.0. The number of hydrogen-bond acceptors (Lipinski definition) is 1. The van der Waals surface area contributed by atoms with Crippen LogP contribution in [-0.2, 0) is 5.41 Å². The Bertz CT molecular complexity index is 2390. The molecule has 0 saturated carbocycles. The fourth-order valence-corrected chi connectivity index (χ4v) is 7.54. The fourth-order valence-electron chi connectivity index (χ4n) is 7.54. The summed E-state index contributed by atoms with van der Waals surface area (Å²) in [6.07, 6.45) is 11.6. The van der Waals surface area contributed by atoms with E-state index >= 15 is 0 Å². The van der Waals surface area contributed by atoms with Crippen LogP contribution in [0.3, 0.4) is 0 Å². The Morgan fingerprint density at radius 2 is 1.14 bits per heavy atom. The first-order valence-electron chi connectivity index (χ1n) is 18.5. The molecule has 0 aromatic heterocycles. The van der Waals surface area contributed by atoms with Crippen LogP contribution in [0.1, 0.15) is 77.5 Å². The van der Waals surface area contributed by atoms with Crippen molar-refractivity contribution in [2.24, 2.45) is 5.73 Å². The highest BCUT2D eigenvalue weighted by atomic mass is 14.5. The average molecular weight is 664 g/mol. The van der Waals surface area contributed by atoms with Crippen LogP contribution in [0.15, 0.2) is 140 Å². The zero-order valence-electron chi connectivity index (χ0n) is 31.0. The first-order chi connectivity index (χ1) is 24.7. The van der Waals surface area contributed by atoms with Crippen LogP contribution in [-0.4, -0.2) is 0 Å². The Morgan fingerprint density at radius 3 is 1.65 bits per heavy atom. The van der Waals surface area contributed by atoms with Crippen LogP contribution in [0.5, 0.6) is 0 Å². The van der Waals surface area contributed by atoms with Gasteiger partial charge in [-0.25, -0.2) is 0 Å². The highest BCUT2D eigenvalue weighted by Gasteiger charge is 2.20. The van der Waals surface area contributed by atoms with Crippen LogP contribution >= 0.6 is 0 Å². The molecule has 2 N–H and O–H groups in total. The van der Waals surface area contributed by atoms with E-state index in [0.29, 0.717) is 0 Å². The van der Waals surface area contributed by atoms with Crippen molar-refractivity contribution in [3.05, 3.63) is 156 Å². The van der Waals surface area contributed by atoms with Crippen LogP contribution < -0.4 is 5.73 Å². The fraction of sp³-hybridized carbons (Fsp3) is 0.200. The summed E-state index contributed by atoms with van der Waals surface area (Å²) in [7, 11) is 0. The van der Waals surface area contributed by atoms with Crippen molar-refractivity contribution in [2.75, 3.05) is 0 Å². The largest absolute Gasteiger partial charge is 0.405 e. The van der Waals surface area contributed by atoms with Gasteiger partial charge in [0.25, 0.3) is 0 Å². The van der Waals surface area contributed by atoms with E-state index in [9.17, 15) is 0 Å². The van der Waals surface area contributed by atoms with Crippen molar-refractivity contribution in [3.8, 4) is 33.4 Å². The van der Waals surface area contributed by atoms with Gasteiger partial charge in [-0.3, -0.25) is 0 Å². The Morgan fingerprint density at radius 1 is 0.627 bits per heavy atom. The van der Waals surface area contributed by atoms with E-state index in [0.717, 1.165) is 17.6 Å². The highest BCUT2D eigenvalue weighted by molar-refractivity contribution is 6.28.